The maximum Gasteiger partial charge on any atom is 0.348 e. The van der Waals surface area contributed by atoms with Crippen LogP contribution in [0.4, 0.5) is 0 Å². The number of fused-ring (bicyclic) bond motifs is 1. The molecule has 0 N–H and O–H groups in total. The van der Waals surface area contributed by atoms with Crippen molar-refractivity contribution in [2.24, 2.45) is 0 Å². The van der Waals surface area contributed by atoms with Crippen molar-refractivity contribution in [3.05, 3.63) is 21.4 Å². The van der Waals surface area contributed by atoms with E-state index in [1.165, 1.54) is 11.3 Å². The van der Waals surface area contributed by atoms with Crippen LogP contribution in [0.5, 0.6) is 0 Å². The number of esters is 1. The Morgan fingerprint density at radius 2 is 2.16 bits per heavy atom. The van der Waals surface area contributed by atoms with Crippen molar-refractivity contribution in [3.8, 4) is 0 Å². The molecule has 0 amide bonds. The largest absolute Gasteiger partial charge is 0.462 e. The first-order chi connectivity index (χ1) is 9.08. The Labute approximate surface area is 124 Å². The molecule has 0 aliphatic rings. The number of carbonyl (C=O) groups excluding carboxylic acids is 1. The van der Waals surface area contributed by atoms with Gasteiger partial charge in [0.15, 0.2) is 0 Å². The number of carbonyl (C=O) groups is 1. The maximum absolute atomic E-state index is 11.9. The Bertz CT molecular complexity index is 628. The Morgan fingerprint density at radius 3 is 2.79 bits per heavy atom. The third-order valence-corrected chi connectivity index (χ3v) is 4.21. The highest BCUT2D eigenvalue weighted by molar-refractivity contribution is 7.20. The predicted molar refractivity (Wildman–Crippen MR) is 77.3 cm³/mol. The summed E-state index contributed by atoms with van der Waals surface area (Å²) in [6.07, 6.45) is 0.784. The van der Waals surface area contributed by atoms with Crippen LogP contribution in [0.15, 0.2) is 0 Å². The Kier molecular flexibility index (Phi) is 4.60. The monoisotopic (exact) mass is 318 g/mol. The van der Waals surface area contributed by atoms with Crippen LogP contribution < -0.4 is 0 Å². The van der Waals surface area contributed by atoms with Crippen LogP contribution in [-0.4, -0.2) is 22.5 Å². The normalized spacial score (nSPS) is 10.9. The molecule has 0 fully saturated rings. The zero-order valence-corrected chi connectivity index (χ0v) is 12.8. The third-order valence-electron chi connectivity index (χ3n) is 2.53. The van der Waals surface area contributed by atoms with E-state index in [0.717, 1.165) is 12.0 Å². The van der Waals surface area contributed by atoms with Crippen LogP contribution >= 0.6 is 34.5 Å². The molecule has 2 aromatic heterocycles. The van der Waals surface area contributed by atoms with Crippen molar-refractivity contribution in [2.45, 2.75) is 26.1 Å². The third kappa shape index (κ3) is 2.83. The summed E-state index contributed by atoms with van der Waals surface area (Å²) in [4.78, 5) is 21.5. The lowest BCUT2D eigenvalue weighted by atomic mass is 10.2. The quantitative estimate of drug-likeness (QED) is 0.486. The zero-order valence-electron chi connectivity index (χ0n) is 10.5. The van der Waals surface area contributed by atoms with Gasteiger partial charge in [0.2, 0.25) is 0 Å². The lowest BCUT2D eigenvalue weighted by Gasteiger charge is -2.01. The summed E-state index contributed by atoms with van der Waals surface area (Å²) >= 11 is 13.1. The van der Waals surface area contributed by atoms with Gasteiger partial charge in [0.25, 0.3) is 0 Å². The molecule has 7 heteroatoms. The number of thiophene rings is 1. The van der Waals surface area contributed by atoms with Gasteiger partial charge in [-0.05, 0) is 18.9 Å². The number of aromatic nitrogens is 2. The molecular formula is C12H12Cl2N2O2S. The first-order valence-corrected chi connectivity index (χ1v) is 7.50. The summed E-state index contributed by atoms with van der Waals surface area (Å²) in [5, 5.41) is 1.02. The van der Waals surface area contributed by atoms with E-state index in [1.807, 2.05) is 13.8 Å². The smallest absolute Gasteiger partial charge is 0.348 e. The van der Waals surface area contributed by atoms with Crippen molar-refractivity contribution in [1.82, 2.24) is 9.97 Å². The van der Waals surface area contributed by atoms with E-state index in [1.54, 1.807) is 0 Å². The van der Waals surface area contributed by atoms with Crippen LogP contribution in [0.25, 0.3) is 10.2 Å². The fraction of sp³-hybridized carbons (Fsp3) is 0.417. The number of nitrogens with zero attached hydrogens (tertiary/aromatic N) is 2. The fourth-order valence-corrected chi connectivity index (χ4v) is 3.24. The van der Waals surface area contributed by atoms with E-state index in [9.17, 15) is 4.79 Å². The molecule has 2 aromatic rings. The van der Waals surface area contributed by atoms with Gasteiger partial charge in [-0.15, -0.1) is 22.9 Å². The van der Waals surface area contributed by atoms with Gasteiger partial charge < -0.3 is 4.74 Å². The van der Waals surface area contributed by atoms with Crippen LogP contribution in [0, 0.1) is 6.92 Å². The van der Waals surface area contributed by atoms with Crippen LogP contribution in [-0.2, 0) is 10.6 Å². The van der Waals surface area contributed by atoms with Crippen molar-refractivity contribution >= 4 is 50.7 Å². The van der Waals surface area contributed by atoms with Gasteiger partial charge in [-0.25, -0.2) is 14.8 Å². The molecule has 0 atom stereocenters. The molecule has 102 valence electrons. The number of hydrogen-bond donors (Lipinski definition) is 0. The summed E-state index contributed by atoms with van der Waals surface area (Å²) in [6, 6.07) is 0. The van der Waals surface area contributed by atoms with Crippen LogP contribution in [0.1, 0.15) is 34.4 Å². The highest BCUT2D eigenvalue weighted by Crippen LogP contribution is 2.34. The summed E-state index contributed by atoms with van der Waals surface area (Å²) in [5.41, 5.74) is 0.757. The minimum atomic E-state index is -0.342. The number of aryl methyl sites for hydroxylation is 1. The van der Waals surface area contributed by atoms with Crippen molar-refractivity contribution in [2.75, 3.05) is 6.61 Å². The number of hydrogen-bond acceptors (Lipinski definition) is 5. The molecule has 4 nitrogen and oxygen atoms in total. The SMILES string of the molecule is CCCOC(=O)c1sc2nc(CCl)nc(Cl)c2c1C. The lowest BCUT2D eigenvalue weighted by molar-refractivity contribution is 0.0510. The summed E-state index contributed by atoms with van der Waals surface area (Å²) < 4.78 is 5.14. The molecule has 0 aromatic carbocycles. The van der Waals surface area contributed by atoms with E-state index in [-0.39, 0.29) is 11.8 Å². The summed E-state index contributed by atoms with van der Waals surface area (Å²) in [5.74, 6) is 0.294. The number of halogens is 2. The second kappa shape index (κ2) is 6.03. The number of alkyl halides is 1. The predicted octanol–water partition coefficient (Wildman–Crippen LogP) is 3.96. The lowest BCUT2D eigenvalue weighted by Crippen LogP contribution is -2.05. The highest BCUT2D eigenvalue weighted by Gasteiger charge is 2.20. The molecule has 0 bridgehead atoms. The van der Waals surface area contributed by atoms with Gasteiger partial charge in [0, 0.05) is 0 Å². The minimum absolute atomic E-state index is 0.183. The Morgan fingerprint density at radius 1 is 1.42 bits per heavy atom. The van der Waals surface area contributed by atoms with Crippen molar-refractivity contribution in [1.29, 1.82) is 0 Å². The molecule has 2 rings (SSSR count). The van der Waals surface area contributed by atoms with Gasteiger partial charge in [0.05, 0.1) is 17.9 Å². The van der Waals surface area contributed by atoms with Crippen LogP contribution in [0.3, 0.4) is 0 Å². The molecule has 0 unspecified atom stereocenters. The molecule has 0 saturated carbocycles. The van der Waals surface area contributed by atoms with E-state index < -0.39 is 0 Å². The Hall–Kier alpha value is -0.910. The topological polar surface area (TPSA) is 52.1 Å². The molecule has 19 heavy (non-hydrogen) atoms. The van der Waals surface area contributed by atoms with E-state index in [2.05, 4.69) is 9.97 Å². The van der Waals surface area contributed by atoms with Gasteiger partial charge in [-0.1, -0.05) is 18.5 Å². The molecular weight excluding hydrogens is 307 g/mol. The second-order valence-corrected chi connectivity index (χ2v) is 5.56. The summed E-state index contributed by atoms with van der Waals surface area (Å²) in [7, 11) is 0. The highest BCUT2D eigenvalue weighted by atomic mass is 35.5. The Balaban J connectivity index is 2.50. The zero-order chi connectivity index (χ0) is 14.0. The first kappa shape index (κ1) is 14.5. The maximum atomic E-state index is 11.9. The van der Waals surface area contributed by atoms with Gasteiger partial charge in [-0.3, -0.25) is 0 Å². The number of ether oxygens (including phenoxy) is 1. The van der Waals surface area contributed by atoms with E-state index >= 15 is 0 Å². The van der Waals surface area contributed by atoms with Crippen molar-refractivity contribution in [3.63, 3.8) is 0 Å². The minimum Gasteiger partial charge on any atom is -0.462 e. The molecule has 0 radical (unpaired) electrons. The number of rotatable bonds is 4. The van der Waals surface area contributed by atoms with Gasteiger partial charge in [0.1, 0.15) is 20.7 Å². The van der Waals surface area contributed by atoms with E-state index in [4.69, 9.17) is 27.9 Å². The molecule has 0 aliphatic heterocycles. The van der Waals surface area contributed by atoms with Gasteiger partial charge in [-0.2, -0.15) is 0 Å². The fourth-order valence-electron chi connectivity index (χ4n) is 1.65. The average molecular weight is 319 g/mol. The molecule has 0 aliphatic carbocycles. The molecule has 0 spiro atoms. The van der Waals surface area contributed by atoms with Crippen LogP contribution in [0.2, 0.25) is 5.15 Å². The standard InChI is InChI=1S/C12H12Cl2N2O2S/c1-3-4-18-12(17)9-6(2)8-10(14)15-7(5-13)16-11(8)19-9/h3-5H2,1-2H3. The molecule has 0 saturated heterocycles. The van der Waals surface area contributed by atoms with Gasteiger partial charge >= 0.3 is 5.97 Å². The summed E-state index contributed by atoms with van der Waals surface area (Å²) in [6.45, 7) is 4.16. The van der Waals surface area contributed by atoms with Crippen molar-refractivity contribution < 1.29 is 9.53 Å². The average Bonchev–Trinajstić information content (AvgIpc) is 2.73. The first-order valence-electron chi connectivity index (χ1n) is 5.77. The van der Waals surface area contributed by atoms with E-state index in [0.29, 0.717) is 32.7 Å². The second-order valence-electron chi connectivity index (χ2n) is 3.94. The molecule has 2 heterocycles.